The zero-order valence-corrected chi connectivity index (χ0v) is 9.29. The fraction of sp³-hybridized carbons (Fsp3) is 1.00. The van der Waals surface area contributed by atoms with Crippen LogP contribution < -0.4 is 0 Å². The van der Waals surface area contributed by atoms with Crippen molar-refractivity contribution in [1.29, 1.82) is 0 Å². The van der Waals surface area contributed by atoms with Gasteiger partial charge in [-0.2, -0.15) is 30.7 Å². The Bertz CT molecular complexity index is 296. The molecule has 1 rings (SSSR count). The van der Waals surface area contributed by atoms with Crippen molar-refractivity contribution in [1.82, 2.24) is 0 Å². The average molecular weight is 284 g/mol. The van der Waals surface area contributed by atoms with Crippen molar-refractivity contribution in [2.24, 2.45) is 5.41 Å². The van der Waals surface area contributed by atoms with Gasteiger partial charge in [0, 0.05) is 5.41 Å². The summed E-state index contributed by atoms with van der Waals surface area (Å²) in [5, 5.41) is 0. The second-order valence-corrected chi connectivity index (χ2v) is 4.61. The van der Waals surface area contributed by atoms with Crippen LogP contribution in [-0.2, 0) is 9.47 Å². The number of halogens is 7. The van der Waals surface area contributed by atoms with Crippen LogP contribution in [-0.4, -0.2) is 38.0 Å². The van der Waals surface area contributed by atoms with Crippen molar-refractivity contribution in [3.05, 3.63) is 0 Å². The summed E-state index contributed by atoms with van der Waals surface area (Å²) in [5.74, 6) is -5.30. The van der Waals surface area contributed by atoms with Gasteiger partial charge in [0.1, 0.15) is 6.42 Å². The molecule has 0 radical (unpaired) electrons. The van der Waals surface area contributed by atoms with E-state index in [0.717, 1.165) is 0 Å². The second kappa shape index (κ2) is 4.52. The van der Waals surface area contributed by atoms with Gasteiger partial charge in [0.2, 0.25) is 0 Å². The van der Waals surface area contributed by atoms with Gasteiger partial charge in [-0.25, -0.2) is 0 Å². The molecule has 0 amide bonds. The van der Waals surface area contributed by atoms with E-state index < -0.39 is 36.7 Å². The van der Waals surface area contributed by atoms with Crippen molar-refractivity contribution in [3.8, 4) is 0 Å². The Morgan fingerprint density at radius 2 is 1.56 bits per heavy atom. The normalized spacial score (nSPS) is 20.7. The van der Waals surface area contributed by atoms with Crippen LogP contribution in [0.2, 0.25) is 0 Å². The first-order valence-corrected chi connectivity index (χ1v) is 4.91. The molecule has 0 aliphatic carbocycles. The molecule has 2 nitrogen and oxygen atoms in total. The fourth-order valence-corrected chi connectivity index (χ4v) is 1.26. The van der Waals surface area contributed by atoms with Crippen molar-refractivity contribution in [2.45, 2.75) is 31.6 Å². The molecule has 1 fully saturated rings. The third-order valence-corrected chi connectivity index (χ3v) is 2.35. The zero-order chi connectivity index (χ0) is 14.2. The summed E-state index contributed by atoms with van der Waals surface area (Å²) in [7, 11) is 0. The highest BCUT2D eigenvalue weighted by Crippen LogP contribution is 2.44. The summed E-state index contributed by atoms with van der Waals surface area (Å²) in [6, 6.07) is 0. The molecule has 108 valence electrons. The van der Waals surface area contributed by atoms with Crippen LogP contribution in [0.25, 0.3) is 0 Å². The quantitative estimate of drug-likeness (QED) is 0.722. The Balaban J connectivity index is 2.60. The first kappa shape index (κ1) is 15.5. The molecule has 0 atom stereocenters. The van der Waals surface area contributed by atoms with E-state index in [1.165, 1.54) is 6.92 Å². The Hall–Kier alpha value is -0.570. The lowest BCUT2D eigenvalue weighted by Gasteiger charge is -2.39. The highest BCUT2D eigenvalue weighted by Gasteiger charge is 2.63. The maximum absolute atomic E-state index is 12.9. The molecule has 1 aliphatic rings. The van der Waals surface area contributed by atoms with Crippen LogP contribution in [0, 0.1) is 5.41 Å². The van der Waals surface area contributed by atoms with Gasteiger partial charge in [-0.3, -0.25) is 0 Å². The molecular formula is C9H11F7O2. The summed E-state index contributed by atoms with van der Waals surface area (Å²) < 4.78 is 94.9. The molecule has 1 saturated heterocycles. The number of rotatable bonds is 5. The molecule has 0 bridgehead atoms. The van der Waals surface area contributed by atoms with E-state index in [0.29, 0.717) is 0 Å². The molecule has 0 spiro atoms. The maximum atomic E-state index is 12.9. The summed E-state index contributed by atoms with van der Waals surface area (Å²) in [5.41, 5.74) is -0.863. The van der Waals surface area contributed by atoms with E-state index in [1.54, 1.807) is 0 Å². The summed E-state index contributed by atoms with van der Waals surface area (Å²) in [6.07, 6.45) is -13.5. The highest BCUT2D eigenvalue weighted by atomic mass is 19.4. The van der Waals surface area contributed by atoms with E-state index in [4.69, 9.17) is 0 Å². The first-order valence-electron chi connectivity index (χ1n) is 4.91. The van der Waals surface area contributed by atoms with Crippen LogP contribution in [0.1, 0.15) is 13.3 Å². The van der Waals surface area contributed by atoms with Crippen LogP contribution >= 0.6 is 0 Å². The van der Waals surface area contributed by atoms with Crippen LogP contribution in [0.3, 0.4) is 0 Å². The monoisotopic (exact) mass is 284 g/mol. The average Bonchev–Trinajstić information content (AvgIpc) is 2.07. The van der Waals surface area contributed by atoms with Gasteiger partial charge in [-0.15, -0.1) is 0 Å². The Labute approximate surface area is 98.0 Å². The van der Waals surface area contributed by atoms with Gasteiger partial charge >= 0.3 is 18.2 Å². The Morgan fingerprint density at radius 1 is 1.06 bits per heavy atom. The van der Waals surface area contributed by atoms with E-state index in [-0.39, 0.29) is 13.2 Å². The maximum Gasteiger partial charge on any atom is 0.419 e. The standard InChI is InChI=1S/C9H11F7O2/c1-6(3-17-4-6)5-18-9(15,16)7(10,11)2-8(12,13)14/h2-5H2,1H3. The van der Waals surface area contributed by atoms with Crippen molar-refractivity contribution >= 4 is 0 Å². The molecule has 1 heterocycles. The van der Waals surface area contributed by atoms with Gasteiger partial charge in [0.25, 0.3) is 0 Å². The molecular weight excluding hydrogens is 273 g/mol. The van der Waals surface area contributed by atoms with Gasteiger partial charge in [0.05, 0.1) is 19.8 Å². The Kier molecular flexibility index (Phi) is 3.89. The molecule has 0 aromatic rings. The third-order valence-electron chi connectivity index (χ3n) is 2.35. The minimum Gasteiger partial charge on any atom is -0.380 e. The molecule has 0 aromatic carbocycles. The van der Waals surface area contributed by atoms with E-state index in [2.05, 4.69) is 9.47 Å². The smallest absolute Gasteiger partial charge is 0.380 e. The summed E-state index contributed by atoms with van der Waals surface area (Å²) in [6.45, 7) is 0.712. The van der Waals surface area contributed by atoms with E-state index in [1.807, 2.05) is 0 Å². The molecule has 0 aromatic heterocycles. The van der Waals surface area contributed by atoms with Crippen molar-refractivity contribution in [2.75, 3.05) is 19.8 Å². The van der Waals surface area contributed by atoms with Gasteiger partial charge < -0.3 is 9.47 Å². The number of hydrogen-bond donors (Lipinski definition) is 0. The van der Waals surface area contributed by atoms with Crippen LogP contribution in [0.4, 0.5) is 30.7 Å². The predicted octanol–water partition coefficient (Wildman–Crippen LogP) is 3.22. The molecule has 1 aliphatic heterocycles. The molecule has 18 heavy (non-hydrogen) atoms. The highest BCUT2D eigenvalue weighted by molar-refractivity contribution is 4.84. The molecule has 0 N–H and O–H groups in total. The van der Waals surface area contributed by atoms with Gasteiger partial charge in [-0.1, -0.05) is 6.92 Å². The fourth-order valence-electron chi connectivity index (χ4n) is 1.26. The number of hydrogen-bond acceptors (Lipinski definition) is 2. The minimum absolute atomic E-state index is 0.0356. The SMILES string of the molecule is CC1(COC(F)(F)C(F)(F)CC(F)(F)F)COC1. The predicted molar refractivity (Wildman–Crippen MR) is 45.4 cm³/mol. The molecule has 0 unspecified atom stereocenters. The van der Waals surface area contributed by atoms with Gasteiger partial charge in [-0.05, 0) is 0 Å². The lowest BCUT2D eigenvalue weighted by atomic mass is 9.90. The molecule has 0 saturated carbocycles. The minimum atomic E-state index is -5.40. The topological polar surface area (TPSA) is 18.5 Å². The lowest BCUT2D eigenvalue weighted by molar-refractivity contribution is -0.375. The first-order chi connectivity index (χ1) is 7.87. The van der Waals surface area contributed by atoms with E-state index in [9.17, 15) is 30.7 Å². The number of alkyl halides is 7. The summed E-state index contributed by atoms with van der Waals surface area (Å²) >= 11 is 0. The Morgan fingerprint density at radius 3 is 1.89 bits per heavy atom. The van der Waals surface area contributed by atoms with Gasteiger partial charge in [0.15, 0.2) is 0 Å². The molecule has 9 heteroatoms. The lowest BCUT2D eigenvalue weighted by Crippen LogP contribution is -2.50. The van der Waals surface area contributed by atoms with Crippen molar-refractivity contribution in [3.63, 3.8) is 0 Å². The summed E-state index contributed by atoms with van der Waals surface area (Å²) in [4.78, 5) is 0. The second-order valence-electron chi connectivity index (χ2n) is 4.61. The number of ether oxygens (including phenoxy) is 2. The largest absolute Gasteiger partial charge is 0.419 e. The zero-order valence-electron chi connectivity index (χ0n) is 9.29. The van der Waals surface area contributed by atoms with Crippen LogP contribution in [0.5, 0.6) is 0 Å². The third kappa shape index (κ3) is 3.71. The van der Waals surface area contributed by atoms with E-state index >= 15 is 0 Å². The van der Waals surface area contributed by atoms with Crippen LogP contribution in [0.15, 0.2) is 0 Å². The van der Waals surface area contributed by atoms with Crippen molar-refractivity contribution < 1.29 is 40.2 Å².